The van der Waals surface area contributed by atoms with Gasteiger partial charge in [-0.15, -0.1) is 11.8 Å². The lowest BCUT2D eigenvalue weighted by atomic mass is 10.2. The molecule has 1 aliphatic heterocycles. The molecular weight excluding hydrogens is 384 g/mol. The van der Waals surface area contributed by atoms with Gasteiger partial charge in [-0.25, -0.2) is 0 Å². The molecule has 0 spiro atoms. The van der Waals surface area contributed by atoms with Gasteiger partial charge in [-0.2, -0.15) is 0 Å². The van der Waals surface area contributed by atoms with Crippen LogP contribution >= 0.6 is 11.8 Å². The fourth-order valence-electron chi connectivity index (χ4n) is 3.21. The molecular formula is C23H28N2O3S. The molecule has 5 nitrogen and oxygen atoms in total. The Balaban J connectivity index is 1.39. The number of likely N-dealkylation sites (tertiary alicyclic amines) is 1. The second kappa shape index (κ2) is 11.6. The Morgan fingerprint density at radius 3 is 2.52 bits per heavy atom. The van der Waals surface area contributed by atoms with Gasteiger partial charge in [0.05, 0.1) is 17.9 Å². The molecule has 2 amide bonds. The summed E-state index contributed by atoms with van der Waals surface area (Å²) in [4.78, 5) is 27.6. The topological polar surface area (TPSA) is 58.6 Å². The summed E-state index contributed by atoms with van der Waals surface area (Å²) in [6.07, 6.45) is 2.93. The van der Waals surface area contributed by atoms with Gasteiger partial charge < -0.3 is 15.0 Å². The summed E-state index contributed by atoms with van der Waals surface area (Å²) in [6, 6.07) is 17.5. The summed E-state index contributed by atoms with van der Waals surface area (Å²) < 4.78 is 5.65. The van der Waals surface area contributed by atoms with Crippen LogP contribution in [0.25, 0.3) is 0 Å². The number of hydrogen-bond acceptors (Lipinski definition) is 4. The van der Waals surface area contributed by atoms with Crippen molar-refractivity contribution in [3.63, 3.8) is 0 Å². The third kappa shape index (κ3) is 6.91. The first kappa shape index (κ1) is 21.4. The van der Waals surface area contributed by atoms with Gasteiger partial charge in [0.15, 0.2) is 0 Å². The second-order valence-corrected chi connectivity index (χ2v) is 8.04. The van der Waals surface area contributed by atoms with E-state index in [9.17, 15) is 9.59 Å². The van der Waals surface area contributed by atoms with Crippen molar-refractivity contribution >= 4 is 23.6 Å². The minimum atomic E-state index is -0.107. The van der Waals surface area contributed by atoms with E-state index in [0.29, 0.717) is 31.1 Å². The van der Waals surface area contributed by atoms with E-state index in [2.05, 4.69) is 5.32 Å². The molecule has 154 valence electrons. The predicted molar refractivity (Wildman–Crippen MR) is 116 cm³/mol. The van der Waals surface area contributed by atoms with Gasteiger partial charge in [-0.3, -0.25) is 9.59 Å². The molecule has 0 aliphatic carbocycles. The molecule has 1 aliphatic rings. The number of hydrogen-bond donors (Lipinski definition) is 1. The molecule has 1 saturated heterocycles. The van der Waals surface area contributed by atoms with Crippen LogP contribution in [0.15, 0.2) is 59.5 Å². The summed E-state index contributed by atoms with van der Waals surface area (Å²) in [7, 11) is 0. The van der Waals surface area contributed by atoms with E-state index in [1.807, 2.05) is 59.5 Å². The monoisotopic (exact) mass is 412 g/mol. The Hall–Kier alpha value is -2.31. The molecule has 0 radical (unpaired) electrons. The molecule has 0 bridgehead atoms. The van der Waals surface area contributed by atoms with Gasteiger partial charge in [-0.1, -0.05) is 42.5 Å². The number of rotatable bonds is 10. The Labute approximate surface area is 176 Å². The molecule has 29 heavy (non-hydrogen) atoms. The highest BCUT2D eigenvalue weighted by atomic mass is 32.2. The largest absolute Gasteiger partial charge is 0.377 e. The number of carbonyl (C=O) groups is 2. The summed E-state index contributed by atoms with van der Waals surface area (Å²) in [5.41, 5.74) is 1.77. The van der Waals surface area contributed by atoms with E-state index in [0.717, 1.165) is 42.8 Å². The number of nitrogens with zero attached hydrogens (tertiary/aromatic N) is 1. The summed E-state index contributed by atoms with van der Waals surface area (Å²) >= 11 is 1.44. The molecule has 6 heteroatoms. The molecule has 2 aromatic carbocycles. The third-order valence-corrected chi connectivity index (χ3v) is 5.86. The van der Waals surface area contributed by atoms with Gasteiger partial charge in [0.1, 0.15) is 0 Å². The van der Waals surface area contributed by atoms with Crippen molar-refractivity contribution in [2.24, 2.45) is 0 Å². The highest BCUT2D eigenvalue weighted by molar-refractivity contribution is 8.00. The molecule has 2 aromatic rings. The van der Waals surface area contributed by atoms with Gasteiger partial charge in [0.2, 0.25) is 5.91 Å². The molecule has 3 rings (SSSR count). The maximum atomic E-state index is 12.6. The SMILES string of the molecule is O=C(NCCCOCc1ccccc1)c1ccccc1SCC(=O)N1CCCC1. The van der Waals surface area contributed by atoms with Gasteiger partial charge in [-0.05, 0) is 37.0 Å². The van der Waals surface area contributed by atoms with Crippen molar-refractivity contribution in [1.82, 2.24) is 10.2 Å². The lowest BCUT2D eigenvalue weighted by Crippen LogP contribution is -2.29. The second-order valence-electron chi connectivity index (χ2n) is 7.02. The smallest absolute Gasteiger partial charge is 0.252 e. The molecule has 0 unspecified atom stereocenters. The molecule has 0 aromatic heterocycles. The van der Waals surface area contributed by atoms with Crippen LogP contribution in [-0.4, -0.2) is 48.7 Å². The first-order valence-electron chi connectivity index (χ1n) is 10.1. The van der Waals surface area contributed by atoms with Crippen molar-refractivity contribution in [2.45, 2.75) is 30.8 Å². The van der Waals surface area contributed by atoms with Crippen molar-refractivity contribution in [3.05, 3.63) is 65.7 Å². The number of nitrogens with one attached hydrogen (secondary N) is 1. The lowest BCUT2D eigenvalue weighted by Gasteiger charge is -2.15. The molecule has 0 saturated carbocycles. The maximum Gasteiger partial charge on any atom is 0.252 e. The van der Waals surface area contributed by atoms with E-state index < -0.39 is 0 Å². The number of thioether (sulfide) groups is 1. The van der Waals surface area contributed by atoms with Crippen molar-refractivity contribution in [2.75, 3.05) is 32.0 Å². The van der Waals surface area contributed by atoms with E-state index in [1.54, 1.807) is 0 Å². The number of benzene rings is 2. The highest BCUT2D eigenvalue weighted by Crippen LogP contribution is 2.23. The zero-order chi connectivity index (χ0) is 20.3. The van der Waals surface area contributed by atoms with Crippen LogP contribution in [0, 0.1) is 0 Å². The first-order valence-corrected chi connectivity index (χ1v) is 11.1. The zero-order valence-corrected chi connectivity index (χ0v) is 17.5. The van der Waals surface area contributed by atoms with Crippen LogP contribution in [-0.2, 0) is 16.1 Å². The standard InChI is InChI=1S/C23H28N2O3S/c26-22(25-14-6-7-15-25)18-29-21-12-5-4-11-20(21)23(27)24-13-8-16-28-17-19-9-2-1-3-10-19/h1-5,9-12H,6-8,13-18H2,(H,24,27). The Kier molecular flexibility index (Phi) is 8.58. The van der Waals surface area contributed by atoms with E-state index in [1.165, 1.54) is 11.8 Å². The average Bonchev–Trinajstić information content (AvgIpc) is 3.30. The van der Waals surface area contributed by atoms with Gasteiger partial charge in [0, 0.05) is 31.1 Å². The zero-order valence-electron chi connectivity index (χ0n) is 16.6. The van der Waals surface area contributed by atoms with Crippen LogP contribution < -0.4 is 5.32 Å². The number of amides is 2. The maximum absolute atomic E-state index is 12.6. The fraction of sp³-hybridized carbons (Fsp3) is 0.391. The average molecular weight is 413 g/mol. The van der Waals surface area contributed by atoms with Crippen LogP contribution in [0.5, 0.6) is 0 Å². The van der Waals surface area contributed by atoms with Crippen LogP contribution in [0.2, 0.25) is 0 Å². The summed E-state index contributed by atoms with van der Waals surface area (Å²) in [5, 5.41) is 2.95. The minimum absolute atomic E-state index is 0.107. The van der Waals surface area contributed by atoms with E-state index in [4.69, 9.17) is 4.74 Å². The van der Waals surface area contributed by atoms with Crippen molar-refractivity contribution < 1.29 is 14.3 Å². The van der Waals surface area contributed by atoms with Crippen molar-refractivity contribution in [3.8, 4) is 0 Å². The van der Waals surface area contributed by atoms with Crippen LogP contribution in [0.1, 0.15) is 35.2 Å². The van der Waals surface area contributed by atoms with E-state index in [-0.39, 0.29) is 11.8 Å². The number of ether oxygens (including phenoxy) is 1. The summed E-state index contributed by atoms with van der Waals surface area (Å²) in [6.45, 7) is 3.44. The Morgan fingerprint density at radius 1 is 1.00 bits per heavy atom. The summed E-state index contributed by atoms with van der Waals surface area (Å²) in [5.74, 6) is 0.417. The van der Waals surface area contributed by atoms with Crippen LogP contribution in [0.4, 0.5) is 0 Å². The molecule has 1 heterocycles. The van der Waals surface area contributed by atoms with E-state index >= 15 is 0 Å². The van der Waals surface area contributed by atoms with Crippen molar-refractivity contribution in [1.29, 1.82) is 0 Å². The minimum Gasteiger partial charge on any atom is -0.377 e. The van der Waals surface area contributed by atoms with Gasteiger partial charge in [0.25, 0.3) is 5.91 Å². The predicted octanol–water partition coefficient (Wildman–Crippen LogP) is 3.74. The Bertz CT molecular complexity index is 792. The quantitative estimate of drug-likeness (QED) is 0.477. The molecule has 1 fully saturated rings. The molecule has 0 atom stereocenters. The first-order chi connectivity index (χ1) is 14.2. The highest BCUT2D eigenvalue weighted by Gasteiger charge is 2.19. The fourth-order valence-corrected chi connectivity index (χ4v) is 4.17. The number of carbonyl (C=O) groups excluding carboxylic acids is 2. The molecule has 1 N–H and O–H groups in total. The van der Waals surface area contributed by atoms with Gasteiger partial charge >= 0.3 is 0 Å². The third-order valence-electron chi connectivity index (χ3n) is 4.80. The lowest BCUT2D eigenvalue weighted by molar-refractivity contribution is -0.127. The Morgan fingerprint density at radius 2 is 1.72 bits per heavy atom. The van der Waals surface area contributed by atoms with Crippen LogP contribution in [0.3, 0.4) is 0 Å². The normalized spacial score (nSPS) is 13.4.